The highest BCUT2D eigenvalue weighted by Crippen LogP contribution is 2.24. The molecule has 1 aliphatic rings. The smallest absolute Gasteiger partial charge is 0.162 e. The van der Waals surface area contributed by atoms with E-state index in [9.17, 15) is 0 Å². The van der Waals surface area contributed by atoms with E-state index in [0.29, 0.717) is 6.04 Å². The highest BCUT2D eigenvalue weighted by molar-refractivity contribution is 7.13. The van der Waals surface area contributed by atoms with Crippen LogP contribution in [0.2, 0.25) is 0 Å². The molecule has 0 amide bonds. The summed E-state index contributed by atoms with van der Waals surface area (Å²) in [4.78, 5) is 7.04. The largest absolute Gasteiger partial charge is 0.462 e. The van der Waals surface area contributed by atoms with E-state index in [2.05, 4.69) is 15.3 Å². The summed E-state index contributed by atoms with van der Waals surface area (Å²) >= 11 is 1.64. The first-order chi connectivity index (χ1) is 8.81. The summed E-state index contributed by atoms with van der Waals surface area (Å²) in [5.74, 6) is 0.854. The Balaban J connectivity index is 1.64. The van der Waals surface area contributed by atoms with E-state index in [1.54, 1.807) is 17.6 Å². The van der Waals surface area contributed by atoms with Crippen LogP contribution in [-0.2, 0) is 6.54 Å². The van der Waals surface area contributed by atoms with Gasteiger partial charge in [-0.1, -0.05) is 0 Å². The zero-order valence-corrected chi connectivity index (χ0v) is 11.0. The zero-order chi connectivity index (χ0) is 12.4. The predicted molar refractivity (Wildman–Crippen MR) is 72.3 cm³/mol. The van der Waals surface area contributed by atoms with Gasteiger partial charge < -0.3 is 10.2 Å². The minimum absolute atomic E-state index is 0.385. The highest BCUT2D eigenvalue weighted by atomic mass is 32.1. The Morgan fingerprint density at radius 2 is 2.28 bits per heavy atom. The van der Waals surface area contributed by atoms with Gasteiger partial charge in [0.2, 0.25) is 0 Å². The van der Waals surface area contributed by atoms with Crippen molar-refractivity contribution < 1.29 is 4.42 Å². The summed E-state index contributed by atoms with van der Waals surface area (Å²) < 4.78 is 5.35. The van der Waals surface area contributed by atoms with Crippen molar-refractivity contribution in [3.63, 3.8) is 0 Å². The lowest BCUT2D eigenvalue weighted by molar-refractivity contribution is 0.204. The van der Waals surface area contributed by atoms with Crippen molar-refractivity contribution in [2.75, 3.05) is 13.1 Å². The highest BCUT2D eigenvalue weighted by Gasteiger charge is 2.17. The van der Waals surface area contributed by atoms with Crippen molar-refractivity contribution in [1.82, 2.24) is 9.88 Å². The SMILES string of the molecule is NC1CCN(Cc2csc(-c3ccco3)n2)CC1. The average molecular weight is 263 g/mol. The van der Waals surface area contributed by atoms with Gasteiger partial charge in [-0.25, -0.2) is 4.98 Å². The fourth-order valence-electron chi connectivity index (χ4n) is 2.23. The molecule has 2 aromatic heterocycles. The Bertz CT molecular complexity index is 486. The van der Waals surface area contributed by atoms with Crippen molar-refractivity contribution in [3.8, 4) is 10.8 Å². The van der Waals surface area contributed by atoms with Gasteiger partial charge in [0.05, 0.1) is 12.0 Å². The number of hydrogen-bond donors (Lipinski definition) is 1. The molecule has 5 heteroatoms. The van der Waals surface area contributed by atoms with Crippen LogP contribution in [0.5, 0.6) is 0 Å². The molecule has 1 aliphatic heterocycles. The Hall–Kier alpha value is -1.17. The van der Waals surface area contributed by atoms with E-state index in [0.717, 1.165) is 48.9 Å². The van der Waals surface area contributed by atoms with Crippen LogP contribution in [-0.4, -0.2) is 29.0 Å². The molecule has 0 bridgehead atoms. The average Bonchev–Trinajstić information content (AvgIpc) is 3.02. The lowest BCUT2D eigenvalue weighted by atomic mass is 10.1. The van der Waals surface area contributed by atoms with E-state index in [4.69, 9.17) is 10.2 Å². The summed E-state index contributed by atoms with van der Waals surface area (Å²) in [6.45, 7) is 3.08. The second-order valence-corrected chi connectivity index (χ2v) is 5.59. The molecule has 2 N–H and O–H groups in total. The van der Waals surface area contributed by atoms with Crippen LogP contribution in [0.1, 0.15) is 18.5 Å². The maximum Gasteiger partial charge on any atom is 0.162 e. The summed E-state index contributed by atoms with van der Waals surface area (Å²) in [6.07, 6.45) is 3.87. The van der Waals surface area contributed by atoms with Gasteiger partial charge in [-0.05, 0) is 25.0 Å². The molecule has 3 rings (SSSR count). The molecule has 0 atom stereocenters. The minimum atomic E-state index is 0.385. The molecule has 0 aromatic carbocycles. The van der Waals surface area contributed by atoms with Gasteiger partial charge in [0, 0.05) is 31.1 Å². The summed E-state index contributed by atoms with van der Waals surface area (Å²) in [6, 6.07) is 4.22. The molecule has 0 spiro atoms. The molecule has 0 unspecified atom stereocenters. The lowest BCUT2D eigenvalue weighted by Crippen LogP contribution is -2.39. The van der Waals surface area contributed by atoms with Crippen LogP contribution < -0.4 is 5.73 Å². The van der Waals surface area contributed by atoms with E-state index in [-0.39, 0.29) is 0 Å². The second-order valence-electron chi connectivity index (χ2n) is 4.73. The zero-order valence-electron chi connectivity index (χ0n) is 10.2. The maximum absolute atomic E-state index is 5.91. The topological polar surface area (TPSA) is 55.3 Å². The van der Waals surface area contributed by atoms with Crippen molar-refractivity contribution in [2.24, 2.45) is 5.73 Å². The molecule has 2 aromatic rings. The standard InChI is InChI=1S/C13H17N3OS/c14-10-3-5-16(6-4-10)8-11-9-18-13(15-11)12-2-1-7-17-12/h1-2,7,9-10H,3-6,8,14H2. The van der Waals surface area contributed by atoms with Crippen molar-refractivity contribution in [1.29, 1.82) is 0 Å². The van der Waals surface area contributed by atoms with Crippen molar-refractivity contribution in [3.05, 3.63) is 29.5 Å². The first-order valence-corrected chi connectivity index (χ1v) is 7.15. The van der Waals surface area contributed by atoms with E-state index >= 15 is 0 Å². The Morgan fingerprint density at radius 3 is 3.00 bits per heavy atom. The van der Waals surface area contributed by atoms with Crippen LogP contribution in [0.25, 0.3) is 10.8 Å². The summed E-state index contributed by atoms with van der Waals surface area (Å²) in [5.41, 5.74) is 7.03. The van der Waals surface area contributed by atoms with Gasteiger partial charge in [-0.3, -0.25) is 4.90 Å². The molecule has 18 heavy (non-hydrogen) atoms. The molecule has 96 valence electrons. The van der Waals surface area contributed by atoms with Gasteiger partial charge >= 0.3 is 0 Å². The number of thiazole rings is 1. The van der Waals surface area contributed by atoms with Gasteiger partial charge in [0.15, 0.2) is 10.8 Å². The number of rotatable bonds is 3. The van der Waals surface area contributed by atoms with E-state index in [1.165, 1.54) is 0 Å². The number of nitrogens with zero attached hydrogens (tertiary/aromatic N) is 2. The first kappa shape index (κ1) is 11.9. The van der Waals surface area contributed by atoms with Crippen molar-refractivity contribution in [2.45, 2.75) is 25.4 Å². The fraction of sp³-hybridized carbons (Fsp3) is 0.462. The lowest BCUT2D eigenvalue weighted by Gasteiger charge is -2.29. The number of furan rings is 1. The van der Waals surface area contributed by atoms with Crippen LogP contribution >= 0.6 is 11.3 Å². The number of likely N-dealkylation sites (tertiary alicyclic amines) is 1. The molecule has 0 saturated carbocycles. The molecule has 3 heterocycles. The molecule has 0 aliphatic carbocycles. The number of piperidine rings is 1. The Labute approximate surface area is 110 Å². The fourth-order valence-corrected chi connectivity index (χ4v) is 3.01. The number of aromatic nitrogens is 1. The third-order valence-corrected chi connectivity index (χ3v) is 4.21. The summed E-state index contributed by atoms with van der Waals surface area (Å²) in [5, 5.41) is 3.08. The van der Waals surface area contributed by atoms with Crippen LogP contribution in [0.15, 0.2) is 28.2 Å². The minimum Gasteiger partial charge on any atom is -0.462 e. The van der Waals surface area contributed by atoms with Gasteiger partial charge in [-0.2, -0.15) is 0 Å². The van der Waals surface area contributed by atoms with Crippen LogP contribution in [0.4, 0.5) is 0 Å². The molecule has 0 radical (unpaired) electrons. The summed E-state index contributed by atoms with van der Waals surface area (Å²) in [7, 11) is 0. The molecule has 1 saturated heterocycles. The normalized spacial score (nSPS) is 18.3. The monoisotopic (exact) mass is 263 g/mol. The van der Waals surface area contributed by atoms with E-state index < -0.39 is 0 Å². The molecular weight excluding hydrogens is 246 g/mol. The first-order valence-electron chi connectivity index (χ1n) is 6.27. The van der Waals surface area contributed by atoms with Crippen LogP contribution in [0, 0.1) is 0 Å². The third-order valence-electron chi connectivity index (χ3n) is 3.30. The molecule has 4 nitrogen and oxygen atoms in total. The second kappa shape index (κ2) is 5.22. The molecule has 1 fully saturated rings. The Kier molecular flexibility index (Phi) is 3.45. The third kappa shape index (κ3) is 2.63. The van der Waals surface area contributed by atoms with E-state index in [1.807, 2.05) is 12.1 Å². The van der Waals surface area contributed by atoms with Gasteiger partial charge in [0.25, 0.3) is 0 Å². The van der Waals surface area contributed by atoms with Crippen LogP contribution in [0.3, 0.4) is 0 Å². The number of hydrogen-bond acceptors (Lipinski definition) is 5. The maximum atomic E-state index is 5.91. The van der Waals surface area contributed by atoms with Gasteiger partial charge in [0.1, 0.15) is 0 Å². The van der Waals surface area contributed by atoms with Gasteiger partial charge in [-0.15, -0.1) is 11.3 Å². The van der Waals surface area contributed by atoms with Crippen molar-refractivity contribution >= 4 is 11.3 Å². The quantitative estimate of drug-likeness (QED) is 0.923. The predicted octanol–water partition coefficient (Wildman–Crippen LogP) is 2.33. The molecular formula is C13H17N3OS. The Morgan fingerprint density at radius 1 is 1.44 bits per heavy atom. The number of nitrogens with two attached hydrogens (primary N) is 1.